The molecule has 1 N–H and O–H groups in total. The lowest BCUT2D eigenvalue weighted by Crippen LogP contribution is -2.35. The molecular formula is C17H27NO2. The average Bonchev–Trinajstić information content (AvgIpc) is 2.39. The molecule has 0 aromatic heterocycles. The molecule has 0 aliphatic rings. The molecule has 0 spiro atoms. The summed E-state index contributed by atoms with van der Waals surface area (Å²) in [7, 11) is 0. The Kier molecular flexibility index (Phi) is 7.31. The van der Waals surface area contributed by atoms with Crippen molar-refractivity contribution >= 4 is 5.97 Å². The van der Waals surface area contributed by atoms with Gasteiger partial charge in [-0.25, -0.2) is 0 Å². The Balaban J connectivity index is 2.42. The standard InChI is InChI=1S/C17H27NO2/c1-14(2)12-18(13-15(3)17(19)20)11-7-10-16-8-5-4-6-9-16/h4-6,8-9,14-15H,7,10-13H2,1-3H3,(H,19,20). The minimum absolute atomic E-state index is 0.300. The van der Waals surface area contributed by atoms with Crippen LogP contribution in [0.2, 0.25) is 0 Å². The summed E-state index contributed by atoms with van der Waals surface area (Å²) in [4.78, 5) is 13.3. The van der Waals surface area contributed by atoms with Crippen molar-refractivity contribution in [3.05, 3.63) is 35.9 Å². The van der Waals surface area contributed by atoms with E-state index in [1.807, 2.05) is 6.07 Å². The summed E-state index contributed by atoms with van der Waals surface area (Å²) in [5, 5.41) is 9.04. The first-order chi connectivity index (χ1) is 9.49. The van der Waals surface area contributed by atoms with E-state index in [2.05, 4.69) is 43.0 Å². The Morgan fingerprint density at radius 3 is 2.35 bits per heavy atom. The van der Waals surface area contributed by atoms with E-state index >= 15 is 0 Å². The summed E-state index contributed by atoms with van der Waals surface area (Å²) in [5.74, 6) is -0.444. The second-order valence-electron chi connectivity index (χ2n) is 5.98. The summed E-state index contributed by atoms with van der Waals surface area (Å²) in [6.07, 6.45) is 2.12. The molecule has 1 unspecified atom stereocenters. The number of hydrogen-bond acceptors (Lipinski definition) is 2. The van der Waals surface area contributed by atoms with E-state index in [-0.39, 0.29) is 5.92 Å². The molecule has 1 rings (SSSR count). The average molecular weight is 277 g/mol. The van der Waals surface area contributed by atoms with E-state index in [1.165, 1.54) is 5.56 Å². The van der Waals surface area contributed by atoms with Crippen LogP contribution in [0, 0.1) is 11.8 Å². The third-order valence-electron chi connectivity index (χ3n) is 3.36. The molecule has 0 saturated carbocycles. The van der Waals surface area contributed by atoms with Gasteiger partial charge in [0.1, 0.15) is 0 Å². The van der Waals surface area contributed by atoms with Crippen LogP contribution in [0.5, 0.6) is 0 Å². The van der Waals surface area contributed by atoms with Crippen molar-refractivity contribution in [3.8, 4) is 0 Å². The molecule has 112 valence electrons. The summed E-state index contributed by atoms with van der Waals surface area (Å²) >= 11 is 0. The zero-order valence-corrected chi connectivity index (χ0v) is 12.9. The molecule has 20 heavy (non-hydrogen) atoms. The van der Waals surface area contributed by atoms with Crippen LogP contribution in [0.25, 0.3) is 0 Å². The first kappa shape index (κ1) is 16.7. The van der Waals surface area contributed by atoms with E-state index < -0.39 is 5.97 Å². The van der Waals surface area contributed by atoms with Gasteiger partial charge in [-0.3, -0.25) is 4.79 Å². The zero-order chi connectivity index (χ0) is 15.0. The Hall–Kier alpha value is -1.35. The molecule has 3 heteroatoms. The van der Waals surface area contributed by atoms with Crippen LogP contribution >= 0.6 is 0 Å². The number of carboxylic acid groups (broad SMARTS) is 1. The van der Waals surface area contributed by atoms with Gasteiger partial charge >= 0.3 is 5.97 Å². The SMILES string of the molecule is CC(C)CN(CCCc1ccccc1)CC(C)C(=O)O. The van der Waals surface area contributed by atoms with E-state index in [4.69, 9.17) is 5.11 Å². The predicted octanol–water partition coefficient (Wildman–Crippen LogP) is 3.30. The van der Waals surface area contributed by atoms with Crippen molar-refractivity contribution < 1.29 is 9.90 Å². The monoisotopic (exact) mass is 277 g/mol. The van der Waals surface area contributed by atoms with Gasteiger partial charge in [0.05, 0.1) is 5.92 Å². The summed E-state index contributed by atoms with van der Waals surface area (Å²) in [6, 6.07) is 10.4. The highest BCUT2D eigenvalue weighted by molar-refractivity contribution is 5.69. The Morgan fingerprint density at radius 1 is 1.15 bits per heavy atom. The van der Waals surface area contributed by atoms with Crippen molar-refractivity contribution in [1.82, 2.24) is 4.90 Å². The fourth-order valence-electron chi connectivity index (χ4n) is 2.39. The number of carbonyl (C=O) groups is 1. The zero-order valence-electron chi connectivity index (χ0n) is 12.9. The van der Waals surface area contributed by atoms with Gasteiger partial charge in [-0.1, -0.05) is 51.1 Å². The van der Waals surface area contributed by atoms with Gasteiger partial charge in [0.25, 0.3) is 0 Å². The van der Waals surface area contributed by atoms with Crippen LogP contribution < -0.4 is 0 Å². The molecule has 0 aliphatic heterocycles. The minimum Gasteiger partial charge on any atom is -0.481 e. The molecule has 0 radical (unpaired) electrons. The fraction of sp³-hybridized carbons (Fsp3) is 0.588. The highest BCUT2D eigenvalue weighted by atomic mass is 16.4. The topological polar surface area (TPSA) is 40.5 Å². The lowest BCUT2D eigenvalue weighted by Gasteiger charge is -2.26. The Bertz CT molecular complexity index is 389. The first-order valence-electron chi connectivity index (χ1n) is 7.48. The normalized spacial score (nSPS) is 12.8. The number of aliphatic carboxylic acids is 1. The van der Waals surface area contributed by atoms with Crippen LogP contribution in [-0.2, 0) is 11.2 Å². The van der Waals surface area contributed by atoms with E-state index in [9.17, 15) is 4.79 Å². The van der Waals surface area contributed by atoms with Crippen LogP contribution in [0.4, 0.5) is 0 Å². The molecule has 0 saturated heterocycles. The van der Waals surface area contributed by atoms with Gasteiger partial charge < -0.3 is 10.0 Å². The van der Waals surface area contributed by atoms with Crippen LogP contribution in [0.15, 0.2) is 30.3 Å². The quantitative estimate of drug-likeness (QED) is 0.753. The summed E-state index contributed by atoms with van der Waals surface area (Å²) < 4.78 is 0. The lowest BCUT2D eigenvalue weighted by molar-refractivity contribution is -0.141. The maximum Gasteiger partial charge on any atom is 0.307 e. The Morgan fingerprint density at radius 2 is 1.80 bits per heavy atom. The van der Waals surface area contributed by atoms with Gasteiger partial charge in [-0.05, 0) is 30.9 Å². The smallest absolute Gasteiger partial charge is 0.307 e. The predicted molar refractivity (Wildman–Crippen MR) is 82.8 cm³/mol. The second kappa shape index (κ2) is 8.75. The molecule has 0 amide bonds. The van der Waals surface area contributed by atoms with Crippen molar-refractivity contribution in [1.29, 1.82) is 0 Å². The number of hydrogen-bond donors (Lipinski definition) is 1. The molecule has 0 aliphatic carbocycles. The minimum atomic E-state index is -0.707. The van der Waals surface area contributed by atoms with E-state index in [0.29, 0.717) is 12.5 Å². The molecule has 1 atom stereocenters. The summed E-state index contributed by atoms with van der Waals surface area (Å²) in [6.45, 7) is 8.71. The van der Waals surface area contributed by atoms with E-state index in [0.717, 1.165) is 25.9 Å². The molecule has 0 fully saturated rings. The molecule has 1 aromatic carbocycles. The number of carboxylic acids is 1. The third-order valence-corrected chi connectivity index (χ3v) is 3.36. The second-order valence-corrected chi connectivity index (χ2v) is 5.98. The lowest BCUT2D eigenvalue weighted by atomic mass is 10.1. The van der Waals surface area contributed by atoms with Crippen molar-refractivity contribution in [2.75, 3.05) is 19.6 Å². The van der Waals surface area contributed by atoms with Gasteiger partial charge in [-0.2, -0.15) is 0 Å². The van der Waals surface area contributed by atoms with E-state index in [1.54, 1.807) is 6.92 Å². The highest BCUT2D eigenvalue weighted by Gasteiger charge is 2.16. The van der Waals surface area contributed by atoms with Crippen LogP contribution in [0.3, 0.4) is 0 Å². The highest BCUT2D eigenvalue weighted by Crippen LogP contribution is 2.08. The van der Waals surface area contributed by atoms with Crippen LogP contribution in [-0.4, -0.2) is 35.6 Å². The van der Waals surface area contributed by atoms with Crippen molar-refractivity contribution in [2.24, 2.45) is 11.8 Å². The maximum absolute atomic E-state index is 11.0. The van der Waals surface area contributed by atoms with Gasteiger partial charge in [-0.15, -0.1) is 0 Å². The van der Waals surface area contributed by atoms with Gasteiger partial charge in [0.2, 0.25) is 0 Å². The fourth-order valence-corrected chi connectivity index (χ4v) is 2.39. The van der Waals surface area contributed by atoms with Crippen molar-refractivity contribution in [3.63, 3.8) is 0 Å². The van der Waals surface area contributed by atoms with Gasteiger partial charge in [0, 0.05) is 13.1 Å². The van der Waals surface area contributed by atoms with Gasteiger partial charge in [0.15, 0.2) is 0 Å². The maximum atomic E-state index is 11.0. The van der Waals surface area contributed by atoms with Crippen molar-refractivity contribution in [2.45, 2.75) is 33.6 Å². The third kappa shape index (κ3) is 6.71. The Labute approximate surface area is 122 Å². The molecule has 0 heterocycles. The summed E-state index contributed by atoms with van der Waals surface area (Å²) in [5.41, 5.74) is 1.35. The number of rotatable bonds is 9. The first-order valence-corrected chi connectivity index (χ1v) is 7.48. The largest absolute Gasteiger partial charge is 0.481 e. The number of aryl methyl sites for hydroxylation is 1. The molecule has 3 nitrogen and oxygen atoms in total. The molecular weight excluding hydrogens is 250 g/mol. The van der Waals surface area contributed by atoms with Crippen LogP contribution in [0.1, 0.15) is 32.8 Å². The molecule has 1 aromatic rings. The molecule has 0 bridgehead atoms. The number of nitrogens with zero attached hydrogens (tertiary/aromatic N) is 1. The number of benzene rings is 1.